The summed E-state index contributed by atoms with van der Waals surface area (Å²) in [7, 11) is 0. The number of nitrogens with one attached hydrogen (secondary N) is 1. The summed E-state index contributed by atoms with van der Waals surface area (Å²) in [6.07, 6.45) is 3.66. The SMILES string of the molecule is Cc1ccc2cc(NC(=O)c3cccc(OCc4cncc5ccccc45)c3)ccc2n1.Cl.Cl. The van der Waals surface area contributed by atoms with E-state index in [4.69, 9.17) is 4.74 Å². The topological polar surface area (TPSA) is 64.1 Å². The summed E-state index contributed by atoms with van der Waals surface area (Å²) < 4.78 is 5.98. The molecule has 0 atom stereocenters. The fourth-order valence-corrected chi connectivity index (χ4v) is 3.69. The molecule has 0 saturated carbocycles. The summed E-state index contributed by atoms with van der Waals surface area (Å²) in [5.41, 5.74) is 4.12. The van der Waals surface area contributed by atoms with E-state index in [-0.39, 0.29) is 30.7 Å². The first-order chi connectivity index (χ1) is 15.7. The molecular weight excluding hydrogens is 469 g/mol. The fourth-order valence-electron chi connectivity index (χ4n) is 3.69. The molecule has 34 heavy (non-hydrogen) atoms. The number of fused-ring (bicyclic) bond motifs is 2. The highest BCUT2D eigenvalue weighted by atomic mass is 35.5. The van der Waals surface area contributed by atoms with Crippen molar-refractivity contribution in [3.63, 3.8) is 0 Å². The van der Waals surface area contributed by atoms with E-state index in [1.54, 1.807) is 12.1 Å². The Bertz CT molecular complexity index is 1450. The number of benzene rings is 3. The molecule has 0 aliphatic rings. The molecule has 2 heterocycles. The Morgan fingerprint density at radius 3 is 2.62 bits per heavy atom. The second-order valence-electron chi connectivity index (χ2n) is 7.65. The predicted molar refractivity (Wildman–Crippen MR) is 141 cm³/mol. The third kappa shape index (κ3) is 5.45. The average Bonchev–Trinajstić information content (AvgIpc) is 2.83. The smallest absolute Gasteiger partial charge is 0.255 e. The van der Waals surface area contributed by atoms with Crippen LogP contribution in [-0.2, 0) is 6.61 Å². The predicted octanol–water partition coefficient (Wildman–Crippen LogP) is 6.77. The first-order valence-electron chi connectivity index (χ1n) is 10.4. The van der Waals surface area contributed by atoms with E-state index in [0.717, 1.165) is 38.6 Å². The lowest BCUT2D eigenvalue weighted by molar-refractivity contribution is 0.102. The summed E-state index contributed by atoms with van der Waals surface area (Å²) >= 11 is 0. The van der Waals surface area contributed by atoms with Crippen LogP contribution < -0.4 is 10.1 Å². The molecule has 0 radical (unpaired) electrons. The van der Waals surface area contributed by atoms with Gasteiger partial charge in [-0.05, 0) is 54.8 Å². The van der Waals surface area contributed by atoms with Gasteiger partial charge in [0, 0.05) is 45.7 Å². The Kier molecular flexibility index (Phi) is 8.05. The highest BCUT2D eigenvalue weighted by molar-refractivity contribution is 6.05. The maximum absolute atomic E-state index is 12.8. The van der Waals surface area contributed by atoms with Crippen LogP contribution in [0.15, 0.2) is 91.3 Å². The van der Waals surface area contributed by atoms with Gasteiger partial charge in [0.25, 0.3) is 5.91 Å². The number of halogens is 2. The molecule has 5 aromatic rings. The number of carbonyl (C=O) groups excluding carboxylic acids is 1. The Morgan fingerprint density at radius 1 is 0.882 bits per heavy atom. The van der Waals surface area contributed by atoms with Crippen molar-refractivity contribution in [3.05, 3.63) is 108 Å². The van der Waals surface area contributed by atoms with Gasteiger partial charge in [-0.2, -0.15) is 0 Å². The van der Waals surface area contributed by atoms with Crippen LogP contribution in [0.4, 0.5) is 5.69 Å². The van der Waals surface area contributed by atoms with Crippen molar-refractivity contribution in [1.29, 1.82) is 0 Å². The molecule has 3 aromatic carbocycles. The van der Waals surface area contributed by atoms with Gasteiger partial charge in [-0.1, -0.05) is 36.4 Å². The molecule has 172 valence electrons. The van der Waals surface area contributed by atoms with Gasteiger partial charge >= 0.3 is 0 Å². The van der Waals surface area contributed by atoms with Gasteiger partial charge in [-0.15, -0.1) is 24.8 Å². The Balaban J connectivity index is 0.00000162. The minimum Gasteiger partial charge on any atom is -0.489 e. The Hall–Kier alpha value is -3.67. The van der Waals surface area contributed by atoms with Crippen molar-refractivity contribution in [3.8, 4) is 5.75 Å². The van der Waals surface area contributed by atoms with Gasteiger partial charge in [0.1, 0.15) is 12.4 Å². The third-order valence-electron chi connectivity index (χ3n) is 5.33. The number of nitrogens with zero attached hydrogens (tertiary/aromatic N) is 2. The van der Waals surface area contributed by atoms with E-state index in [1.807, 2.05) is 80.0 Å². The zero-order valence-electron chi connectivity index (χ0n) is 18.4. The number of ether oxygens (including phenoxy) is 1. The number of rotatable bonds is 5. The van der Waals surface area contributed by atoms with Crippen LogP contribution in [0.25, 0.3) is 21.7 Å². The number of carbonyl (C=O) groups is 1. The minimum absolute atomic E-state index is 0. The summed E-state index contributed by atoms with van der Waals surface area (Å²) in [4.78, 5) is 21.6. The number of amides is 1. The number of hydrogen-bond donors (Lipinski definition) is 1. The van der Waals surface area contributed by atoms with E-state index >= 15 is 0 Å². The van der Waals surface area contributed by atoms with Crippen LogP contribution >= 0.6 is 24.8 Å². The average molecular weight is 492 g/mol. The van der Waals surface area contributed by atoms with E-state index in [9.17, 15) is 4.79 Å². The molecule has 0 aliphatic carbocycles. The normalized spacial score (nSPS) is 10.3. The standard InChI is InChI=1S/C27H21N3O2.2ClH/c1-18-9-10-19-13-23(11-12-26(19)29-18)30-27(31)20-6-4-7-24(14-20)32-17-22-16-28-15-21-5-2-3-8-25(21)22;;/h2-16H,17H2,1H3,(H,30,31);2*1H. The summed E-state index contributed by atoms with van der Waals surface area (Å²) in [6, 6.07) is 24.9. The number of aryl methyl sites for hydroxylation is 1. The van der Waals surface area contributed by atoms with Crippen LogP contribution in [0.1, 0.15) is 21.6 Å². The molecule has 7 heteroatoms. The van der Waals surface area contributed by atoms with E-state index in [0.29, 0.717) is 17.9 Å². The van der Waals surface area contributed by atoms with Crippen LogP contribution in [0.2, 0.25) is 0 Å². The van der Waals surface area contributed by atoms with Crippen LogP contribution in [0, 0.1) is 6.92 Å². The van der Waals surface area contributed by atoms with Gasteiger partial charge in [0.05, 0.1) is 5.52 Å². The van der Waals surface area contributed by atoms with E-state index in [1.165, 1.54) is 0 Å². The molecule has 0 fully saturated rings. The molecule has 2 aromatic heterocycles. The van der Waals surface area contributed by atoms with Crippen molar-refractivity contribution in [2.45, 2.75) is 13.5 Å². The maximum atomic E-state index is 12.8. The number of anilines is 1. The van der Waals surface area contributed by atoms with Crippen LogP contribution in [0.3, 0.4) is 0 Å². The largest absolute Gasteiger partial charge is 0.489 e. The molecule has 0 aliphatic heterocycles. The van der Waals surface area contributed by atoms with Gasteiger partial charge in [0.2, 0.25) is 0 Å². The molecule has 0 spiro atoms. The zero-order valence-corrected chi connectivity index (χ0v) is 20.0. The van der Waals surface area contributed by atoms with E-state index < -0.39 is 0 Å². The van der Waals surface area contributed by atoms with Crippen LogP contribution in [-0.4, -0.2) is 15.9 Å². The zero-order chi connectivity index (χ0) is 21.9. The highest BCUT2D eigenvalue weighted by Gasteiger charge is 2.09. The maximum Gasteiger partial charge on any atom is 0.255 e. The monoisotopic (exact) mass is 491 g/mol. The lowest BCUT2D eigenvalue weighted by Crippen LogP contribution is -2.12. The second-order valence-corrected chi connectivity index (χ2v) is 7.65. The summed E-state index contributed by atoms with van der Waals surface area (Å²) in [5, 5.41) is 6.12. The first-order valence-corrected chi connectivity index (χ1v) is 10.4. The van der Waals surface area contributed by atoms with E-state index in [2.05, 4.69) is 21.4 Å². The highest BCUT2D eigenvalue weighted by Crippen LogP contribution is 2.22. The second kappa shape index (κ2) is 11.0. The molecule has 0 saturated heterocycles. The fraction of sp³-hybridized carbons (Fsp3) is 0.0741. The number of hydrogen-bond acceptors (Lipinski definition) is 4. The summed E-state index contributed by atoms with van der Waals surface area (Å²) in [5.74, 6) is 0.436. The molecule has 0 unspecified atom stereocenters. The number of aromatic nitrogens is 2. The molecule has 1 N–H and O–H groups in total. The van der Waals surface area contributed by atoms with Crippen molar-refractivity contribution < 1.29 is 9.53 Å². The molecule has 0 bridgehead atoms. The molecular formula is C27H23Cl2N3O2. The minimum atomic E-state index is -0.193. The van der Waals surface area contributed by atoms with Crippen LogP contribution in [0.5, 0.6) is 5.75 Å². The van der Waals surface area contributed by atoms with Crippen molar-refractivity contribution in [2.75, 3.05) is 5.32 Å². The number of pyridine rings is 2. The van der Waals surface area contributed by atoms with Crippen molar-refractivity contribution >= 4 is 58.1 Å². The first kappa shape index (κ1) is 25.0. The van der Waals surface area contributed by atoms with Gasteiger partial charge in [-0.25, -0.2) is 0 Å². The Morgan fingerprint density at radius 2 is 1.74 bits per heavy atom. The van der Waals surface area contributed by atoms with Crippen molar-refractivity contribution in [2.24, 2.45) is 0 Å². The third-order valence-corrected chi connectivity index (χ3v) is 5.33. The lowest BCUT2D eigenvalue weighted by Gasteiger charge is -2.11. The van der Waals surface area contributed by atoms with Gasteiger partial charge in [-0.3, -0.25) is 14.8 Å². The molecule has 1 amide bonds. The van der Waals surface area contributed by atoms with Gasteiger partial charge in [0.15, 0.2) is 0 Å². The molecule has 5 rings (SSSR count). The Labute approximate surface area is 210 Å². The van der Waals surface area contributed by atoms with Crippen molar-refractivity contribution in [1.82, 2.24) is 9.97 Å². The molecule has 5 nitrogen and oxygen atoms in total. The quantitative estimate of drug-likeness (QED) is 0.294. The van der Waals surface area contributed by atoms with Gasteiger partial charge < -0.3 is 10.1 Å². The summed E-state index contributed by atoms with van der Waals surface area (Å²) in [6.45, 7) is 2.33. The lowest BCUT2D eigenvalue weighted by atomic mass is 10.1.